The minimum atomic E-state index is -3.73. The van der Waals surface area contributed by atoms with Crippen LogP contribution in [0, 0.1) is 0 Å². The molecule has 1 fully saturated rings. The molecule has 3 rings (SSSR count). The number of nitrogens with zero attached hydrogens (tertiary/aromatic N) is 1. The van der Waals surface area contributed by atoms with Crippen LogP contribution in [0.1, 0.15) is 22.5 Å². The summed E-state index contributed by atoms with van der Waals surface area (Å²) in [7, 11) is -3.73. The Hall–Kier alpha value is -1.75. The maximum atomic E-state index is 12.7. The SMILES string of the molecule is O=C(COC(=O)c1sccc1S(=O)(=O)N1CCCC1)Nc1ccccc1Br. The molecule has 0 aliphatic carbocycles. The van der Waals surface area contributed by atoms with Crippen molar-refractivity contribution in [3.8, 4) is 0 Å². The van der Waals surface area contributed by atoms with E-state index < -0.39 is 28.5 Å². The zero-order valence-corrected chi connectivity index (χ0v) is 17.4. The summed E-state index contributed by atoms with van der Waals surface area (Å²) in [6.45, 7) is 0.378. The molecule has 10 heteroatoms. The van der Waals surface area contributed by atoms with Crippen LogP contribution in [-0.4, -0.2) is 44.3 Å². The molecule has 0 atom stereocenters. The van der Waals surface area contributed by atoms with Gasteiger partial charge in [-0.15, -0.1) is 11.3 Å². The molecule has 0 spiro atoms. The van der Waals surface area contributed by atoms with Crippen LogP contribution in [0.25, 0.3) is 0 Å². The number of thiophene rings is 1. The number of hydrogen-bond acceptors (Lipinski definition) is 6. The number of hydrogen-bond donors (Lipinski definition) is 1. The van der Waals surface area contributed by atoms with Gasteiger partial charge in [0.05, 0.1) is 5.69 Å². The lowest BCUT2D eigenvalue weighted by atomic mass is 10.3. The van der Waals surface area contributed by atoms with Crippen LogP contribution < -0.4 is 5.32 Å². The average molecular weight is 473 g/mol. The van der Waals surface area contributed by atoms with Crippen molar-refractivity contribution in [2.45, 2.75) is 17.7 Å². The molecule has 0 bridgehead atoms. The quantitative estimate of drug-likeness (QED) is 0.651. The highest BCUT2D eigenvalue weighted by Gasteiger charge is 2.32. The van der Waals surface area contributed by atoms with Crippen molar-refractivity contribution in [2.75, 3.05) is 25.0 Å². The van der Waals surface area contributed by atoms with Crippen LogP contribution in [0.5, 0.6) is 0 Å². The monoisotopic (exact) mass is 472 g/mol. The largest absolute Gasteiger partial charge is 0.451 e. The lowest BCUT2D eigenvalue weighted by Crippen LogP contribution is -2.29. The average Bonchev–Trinajstić information content (AvgIpc) is 3.33. The van der Waals surface area contributed by atoms with E-state index in [4.69, 9.17) is 4.74 Å². The number of ether oxygens (including phenoxy) is 1. The number of para-hydroxylation sites is 1. The maximum absolute atomic E-state index is 12.7. The Labute approximate surface area is 169 Å². The molecule has 0 unspecified atom stereocenters. The molecule has 0 radical (unpaired) electrons. The number of rotatable bonds is 6. The summed E-state index contributed by atoms with van der Waals surface area (Å²) in [5.41, 5.74) is 0.548. The standard InChI is InChI=1S/C17H17BrN2O5S2/c18-12-5-1-2-6-13(12)19-15(21)11-25-17(22)16-14(7-10-26-16)27(23,24)20-8-3-4-9-20/h1-2,5-7,10H,3-4,8-9,11H2,(H,19,21). The molecule has 7 nitrogen and oxygen atoms in total. The Morgan fingerprint density at radius 1 is 1.19 bits per heavy atom. The zero-order valence-electron chi connectivity index (χ0n) is 14.2. The maximum Gasteiger partial charge on any atom is 0.350 e. The third-order valence-electron chi connectivity index (χ3n) is 3.98. The molecular weight excluding hydrogens is 456 g/mol. The zero-order chi connectivity index (χ0) is 19.4. The Kier molecular flexibility index (Phi) is 6.30. The Morgan fingerprint density at radius 2 is 1.89 bits per heavy atom. The molecule has 1 aliphatic heterocycles. The van der Waals surface area contributed by atoms with Gasteiger partial charge in [-0.05, 0) is 52.4 Å². The molecule has 1 N–H and O–H groups in total. The van der Waals surface area contributed by atoms with Gasteiger partial charge in [0.15, 0.2) is 6.61 Å². The molecular formula is C17H17BrN2O5S2. The minimum absolute atomic E-state index is 0.0180. The minimum Gasteiger partial charge on any atom is -0.451 e. The number of nitrogens with one attached hydrogen (secondary N) is 1. The van der Waals surface area contributed by atoms with Crippen molar-refractivity contribution < 1.29 is 22.7 Å². The molecule has 1 aromatic carbocycles. The Bertz CT molecular complexity index is 952. The Balaban J connectivity index is 1.65. The number of benzene rings is 1. The molecule has 0 saturated carbocycles. The summed E-state index contributed by atoms with van der Waals surface area (Å²) in [5.74, 6) is -1.35. The van der Waals surface area contributed by atoms with Gasteiger partial charge in [-0.2, -0.15) is 4.31 Å². The predicted molar refractivity (Wildman–Crippen MR) is 105 cm³/mol. The third-order valence-corrected chi connectivity index (χ3v) is 7.64. The van der Waals surface area contributed by atoms with Gasteiger partial charge in [-0.1, -0.05) is 12.1 Å². The first-order chi connectivity index (χ1) is 12.9. The number of carbonyl (C=O) groups is 2. The normalized spacial score (nSPS) is 14.9. The van der Waals surface area contributed by atoms with Crippen molar-refractivity contribution >= 4 is 54.9 Å². The summed E-state index contributed by atoms with van der Waals surface area (Å²) in [6, 6.07) is 8.43. The van der Waals surface area contributed by atoms with Gasteiger partial charge in [0.1, 0.15) is 9.77 Å². The molecule has 1 amide bonds. The molecule has 1 aromatic heterocycles. The second-order valence-electron chi connectivity index (χ2n) is 5.83. The second-order valence-corrected chi connectivity index (χ2v) is 9.51. The first kappa shape index (κ1) is 20.0. The van der Waals surface area contributed by atoms with Crippen molar-refractivity contribution in [1.29, 1.82) is 0 Å². The van der Waals surface area contributed by atoms with E-state index in [9.17, 15) is 18.0 Å². The second kappa shape index (κ2) is 8.51. The lowest BCUT2D eigenvalue weighted by molar-refractivity contribution is -0.119. The van der Waals surface area contributed by atoms with E-state index >= 15 is 0 Å². The summed E-state index contributed by atoms with van der Waals surface area (Å²) >= 11 is 4.29. The smallest absolute Gasteiger partial charge is 0.350 e. The first-order valence-electron chi connectivity index (χ1n) is 8.19. The van der Waals surface area contributed by atoms with E-state index in [1.54, 1.807) is 24.3 Å². The van der Waals surface area contributed by atoms with E-state index in [0.717, 1.165) is 24.2 Å². The third kappa shape index (κ3) is 4.57. The highest BCUT2D eigenvalue weighted by atomic mass is 79.9. The van der Waals surface area contributed by atoms with Crippen LogP contribution in [0.15, 0.2) is 45.1 Å². The molecule has 2 aromatic rings. The summed E-state index contributed by atoms with van der Waals surface area (Å²) in [6.07, 6.45) is 1.61. The molecule has 1 aliphatic rings. The fraction of sp³-hybridized carbons (Fsp3) is 0.294. The van der Waals surface area contributed by atoms with Crippen molar-refractivity contribution in [2.24, 2.45) is 0 Å². The molecule has 1 saturated heterocycles. The van der Waals surface area contributed by atoms with Gasteiger partial charge in [-0.25, -0.2) is 13.2 Å². The van der Waals surface area contributed by atoms with Crippen molar-refractivity contribution in [3.05, 3.63) is 45.1 Å². The van der Waals surface area contributed by atoms with Crippen molar-refractivity contribution in [3.63, 3.8) is 0 Å². The summed E-state index contributed by atoms with van der Waals surface area (Å²) < 4.78 is 32.4. The fourth-order valence-electron chi connectivity index (χ4n) is 2.66. The highest BCUT2D eigenvalue weighted by molar-refractivity contribution is 9.10. The first-order valence-corrected chi connectivity index (χ1v) is 11.3. The van der Waals surface area contributed by atoms with Crippen molar-refractivity contribution in [1.82, 2.24) is 4.31 Å². The summed E-state index contributed by atoms with van der Waals surface area (Å²) in [4.78, 5) is 24.2. The number of anilines is 1. The topological polar surface area (TPSA) is 92.8 Å². The highest BCUT2D eigenvalue weighted by Crippen LogP contribution is 2.28. The molecule has 2 heterocycles. The predicted octanol–water partition coefficient (Wildman–Crippen LogP) is 3.09. The van der Waals surface area contributed by atoms with Crippen LogP contribution >= 0.6 is 27.3 Å². The van der Waals surface area contributed by atoms with Crippen LogP contribution in [-0.2, 0) is 19.6 Å². The molecule has 27 heavy (non-hydrogen) atoms. The van der Waals surface area contributed by atoms with E-state index in [0.29, 0.717) is 23.2 Å². The van der Waals surface area contributed by atoms with E-state index in [2.05, 4.69) is 21.2 Å². The summed E-state index contributed by atoms with van der Waals surface area (Å²) in [5, 5.41) is 4.14. The number of carbonyl (C=O) groups excluding carboxylic acids is 2. The van der Waals surface area contributed by atoms with Gasteiger partial charge in [0.25, 0.3) is 5.91 Å². The van der Waals surface area contributed by atoms with E-state index in [-0.39, 0.29) is 9.77 Å². The van der Waals surface area contributed by atoms with Gasteiger partial charge >= 0.3 is 5.97 Å². The number of halogens is 1. The van der Waals surface area contributed by atoms with Crippen LogP contribution in [0.3, 0.4) is 0 Å². The van der Waals surface area contributed by atoms with Gasteiger partial charge in [0.2, 0.25) is 10.0 Å². The van der Waals surface area contributed by atoms with Gasteiger partial charge in [-0.3, -0.25) is 4.79 Å². The van der Waals surface area contributed by atoms with E-state index in [1.807, 2.05) is 0 Å². The van der Waals surface area contributed by atoms with Gasteiger partial charge in [0, 0.05) is 17.6 Å². The molecule has 144 valence electrons. The Morgan fingerprint density at radius 3 is 2.59 bits per heavy atom. The number of esters is 1. The van der Waals surface area contributed by atoms with Crippen LogP contribution in [0.2, 0.25) is 0 Å². The lowest BCUT2D eigenvalue weighted by Gasteiger charge is -2.15. The fourth-order valence-corrected chi connectivity index (χ4v) is 5.85. The van der Waals surface area contributed by atoms with E-state index in [1.165, 1.54) is 15.8 Å². The van der Waals surface area contributed by atoms with Gasteiger partial charge < -0.3 is 10.1 Å². The number of sulfonamides is 1. The number of amides is 1. The van der Waals surface area contributed by atoms with Crippen LogP contribution in [0.4, 0.5) is 5.69 Å².